The van der Waals surface area contributed by atoms with Crippen LogP contribution in [0.3, 0.4) is 0 Å². The van der Waals surface area contributed by atoms with E-state index in [0.29, 0.717) is 18.8 Å². The number of aromatic nitrogens is 2. The van der Waals surface area contributed by atoms with Gasteiger partial charge in [0.2, 0.25) is 10.0 Å². The lowest BCUT2D eigenvalue weighted by Crippen LogP contribution is -2.45. The quantitative estimate of drug-likeness (QED) is 0.877. The first-order chi connectivity index (χ1) is 10.8. The van der Waals surface area contributed by atoms with Gasteiger partial charge in [-0.2, -0.15) is 5.10 Å². The van der Waals surface area contributed by atoms with E-state index in [-0.39, 0.29) is 18.5 Å². The van der Waals surface area contributed by atoms with Gasteiger partial charge < -0.3 is 9.32 Å². The summed E-state index contributed by atoms with van der Waals surface area (Å²) in [5.41, 5.74) is 1.63. The van der Waals surface area contributed by atoms with Gasteiger partial charge in [0, 0.05) is 24.8 Å². The molecular weight excluding hydrogens is 320 g/mol. The second kappa shape index (κ2) is 5.82. The summed E-state index contributed by atoms with van der Waals surface area (Å²) in [5.74, 6) is 0.108. The maximum absolute atomic E-state index is 12.6. The number of rotatable bonds is 4. The van der Waals surface area contributed by atoms with Gasteiger partial charge >= 0.3 is 0 Å². The lowest BCUT2D eigenvalue weighted by atomic mass is 10.1. The number of hydrogen-bond donors (Lipinski definition) is 1. The molecule has 0 unspecified atom stereocenters. The normalized spacial score (nSPS) is 18.0. The Kier molecular flexibility index (Phi) is 3.99. The fourth-order valence-corrected chi connectivity index (χ4v) is 3.17. The first-order valence-electron chi connectivity index (χ1n) is 7.15. The van der Waals surface area contributed by atoms with Crippen LogP contribution < -0.4 is 4.72 Å². The van der Waals surface area contributed by atoms with Gasteiger partial charge in [-0.05, 0) is 19.1 Å². The molecule has 0 spiro atoms. The smallest absolute Gasteiger partial charge is 0.290 e. The van der Waals surface area contributed by atoms with E-state index in [2.05, 4.69) is 9.82 Å². The number of nitrogens with zero attached hydrogens (tertiary/aromatic N) is 3. The zero-order chi connectivity index (χ0) is 16.6. The molecule has 9 heteroatoms. The molecule has 2 aromatic rings. The maximum atomic E-state index is 12.6. The number of carbonyl (C=O) groups is 1. The standard InChI is InChI=1S/C14H18N4O4S/c1-10-4-6-22-13(10)14(19)17-8-11-3-5-15-18(11)12(9-17)7-16-23(2,20)21/h3-6,12,16H,7-9H2,1-2H3/t12-/m0/s1. The van der Waals surface area contributed by atoms with Gasteiger partial charge in [-0.15, -0.1) is 0 Å². The third-order valence-electron chi connectivity index (χ3n) is 3.81. The summed E-state index contributed by atoms with van der Waals surface area (Å²) in [5, 5.41) is 4.23. The van der Waals surface area contributed by atoms with Crippen LogP contribution in [0.5, 0.6) is 0 Å². The van der Waals surface area contributed by atoms with Crippen molar-refractivity contribution in [2.24, 2.45) is 0 Å². The van der Waals surface area contributed by atoms with E-state index in [4.69, 9.17) is 4.42 Å². The molecule has 8 nitrogen and oxygen atoms in total. The molecule has 1 aliphatic heterocycles. The molecule has 124 valence electrons. The van der Waals surface area contributed by atoms with Crippen LogP contribution in [-0.2, 0) is 16.6 Å². The second-order valence-electron chi connectivity index (χ2n) is 5.66. The topological polar surface area (TPSA) is 97.4 Å². The fraction of sp³-hybridized carbons (Fsp3) is 0.429. The fourth-order valence-electron chi connectivity index (χ4n) is 2.68. The predicted octanol–water partition coefficient (Wildman–Crippen LogP) is 0.531. The van der Waals surface area contributed by atoms with Crippen molar-refractivity contribution in [2.75, 3.05) is 19.3 Å². The van der Waals surface area contributed by atoms with Crippen LogP contribution in [0.25, 0.3) is 0 Å². The monoisotopic (exact) mass is 338 g/mol. The Bertz CT molecular complexity index is 823. The number of sulfonamides is 1. The van der Waals surface area contributed by atoms with Gasteiger partial charge in [-0.1, -0.05) is 0 Å². The molecule has 1 amide bonds. The molecule has 23 heavy (non-hydrogen) atoms. The van der Waals surface area contributed by atoms with Crippen LogP contribution in [0.2, 0.25) is 0 Å². The van der Waals surface area contributed by atoms with Crippen molar-refractivity contribution < 1.29 is 17.6 Å². The van der Waals surface area contributed by atoms with Crippen molar-refractivity contribution in [1.82, 2.24) is 19.4 Å². The third kappa shape index (κ3) is 3.30. The summed E-state index contributed by atoms with van der Waals surface area (Å²) in [6.07, 6.45) is 4.24. The number of amides is 1. The van der Waals surface area contributed by atoms with Crippen molar-refractivity contribution in [2.45, 2.75) is 19.5 Å². The van der Waals surface area contributed by atoms with E-state index >= 15 is 0 Å². The van der Waals surface area contributed by atoms with Gasteiger partial charge in [0.25, 0.3) is 5.91 Å². The summed E-state index contributed by atoms with van der Waals surface area (Å²) in [6.45, 7) is 2.76. The number of hydrogen-bond acceptors (Lipinski definition) is 5. The summed E-state index contributed by atoms with van der Waals surface area (Å²) in [7, 11) is -3.31. The minimum absolute atomic E-state index is 0.175. The average molecular weight is 338 g/mol. The Labute approximate surface area is 134 Å². The highest BCUT2D eigenvalue weighted by Crippen LogP contribution is 2.23. The SMILES string of the molecule is Cc1ccoc1C(=O)N1Cc2ccnn2[C@@H](CNS(C)(=O)=O)C1. The third-order valence-corrected chi connectivity index (χ3v) is 4.50. The zero-order valence-electron chi connectivity index (χ0n) is 12.9. The molecule has 3 rings (SSSR count). The van der Waals surface area contributed by atoms with Gasteiger partial charge in [-0.25, -0.2) is 13.1 Å². The summed E-state index contributed by atoms with van der Waals surface area (Å²) < 4.78 is 32.2. The van der Waals surface area contributed by atoms with E-state index in [0.717, 1.165) is 17.5 Å². The number of fused-ring (bicyclic) bond motifs is 1. The highest BCUT2D eigenvalue weighted by atomic mass is 32.2. The molecule has 0 saturated heterocycles. The largest absolute Gasteiger partial charge is 0.459 e. The van der Waals surface area contributed by atoms with Crippen LogP contribution in [0.4, 0.5) is 0 Å². The minimum atomic E-state index is -3.31. The molecule has 1 N–H and O–H groups in total. The maximum Gasteiger partial charge on any atom is 0.290 e. The molecule has 3 heterocycles. The summed E-state index contributed by atoms with van der Waals surface area (Å²) in [6, 6.07) is 3.30. The van der Waals surface area contributed by atoms with E-state index in [9.17, 15) is 13.2 Å². The minimum Gasteiger partial charge on any atom is -0.459 e. The van der Waals surface area contributed by atoms with Crippen molar-refractivity contribution in [3.8, 4) is 0 Å². The molecule has 0 fully saturated rings. The van der Waals surface area contributed by atoms with Gasteiger partial charge in [0.05, 0.1) is 30.8 Å². The molecule has 0 radical (unpaired) electrons. The van der Waals surface area contributed by atoms with Crippen LogP contribution in [0.15, 0.2) is 29.0 Å². The number of nitrogens with one attached hydrogen (secondary N) is 1. The van der Waals surface area contributed by atoms with Crippen LogP contribution in [0.1, 0.15) is 27.9 Å². The average Bonchev–Trinajstić information content (AvgIpc) is 3.11. The lowest BCUT2D eigenvalue weighted by molar-refractivity contribution is 0.0638. The molecule has 0 saturated carbocycles. The van der Waals surface area contributed by atoms with Crippen LogP contribution >= 0.6 is 0 Å². The first kappa shape index (κ1) is 15.8. The molecule has 1 aliphatic rings. The molecule has 0 aromatic carbocycles. The Morgan fingerprint density at radius 3 is 2.91 bits per heavy atom. The van der Waals surface area contributed by atoms with Gasteiger partial charge in [0.1, 0.15) is 0 Å². The van der Waals surface area contributed by atoms with Crippen molar-refractivity contribution in [3.05, 3.63) is 41.6 Å². The Morgan fingerprint density at radius 2 is 2.26 bits per heavy atom. The van der Waals surface area contributed by atoms with Crippen LogP contribution in [0, 0.1) is 6.92 Å². The highest BCUT2D eigenvalue weighted by Gasteiger charge is 2.31. The molecule has 2 aromatic heterocycles. The Hall–Kier alpha value is -2.13. The summed E-state index contributed by atoms with van der Waals surface area (Å²) in [4.78, 5) is 14.3. The van der Waals surface area contributed by atoms with Crippen molar-refractivity contribution in [3.63, 3.8) is 0 Å². The van der Waals surface area contributed by atoms with E-state index in [1.807, 2.05) is 13.0 Å². The lowest BCUT2D eigenvalue weighted by Gasteiger charge is -2.33. The van der Waals surface area contributed by atoms with E-state index in [1.165, 1.54) is 6.26 Å². The zero-order valence-corrected chi connectivity index (χ0v) is 13.7. The van der Waals surface area contributed by atoms with Crippen molar-refractivity contribution in [1.29, 1.82) is 0 Å². The Morgan fingerprint density at radius 1 is 1.48 bits per heavy atom. The van der Waals surface area contributed by atoms with Gasteiger partial charge in [0.15, 0.2) is 5.76 Å². The number of carbonyl (C=O) groups excluding carboxylic acids is 1. The van der Waals surface area contributed by atoms with Gasteiger partial charge in [-0.3, -0.25) is 9.48 Å². The van der Waals surface area contributed by atoms with Crippen molar-refractivity contribution >= 4 is 15.9 Å². The first-order valence-corrected chi connectivity index (χ1v) is 9.04. The van der Waals surface area contributed by atoms with E-state index in [1.54, 1.807) is 21.8 Å². The Balaban J connectivity index is 1.83. The molecule has 0 aliphatic carbocycles. The summed E-state index contributed by atoms with van der Waals surface area (Å²) >= 11 is 0. The van der Waals surface area contributed by atoms with E-state index < -0.39 is 10.0 Å². The van der Waals surface area contributed by atoms with Crippen LogP contribution in [-0.4, -0.2) is 48.4 Å². The highest BCUT2D eigenvalue weighted by molar-refractivity contribution is 7.88. The number of aryl methyl sites for hydroxylation is 1. The molecule has 1 atom stereocenters. The second-order valence-corrected chi connectivity index (χ2v) is 7.49. The molecular formula is C14H18N4O4S. The number of furan rings is 1. The predicted molar refractivity (Wildman–Crippen MR) is 82.3 cm³/mol. The molecule has 0 bridgehead atoms.